The Labute approximate surface area is 101 Å². The van der Waals surface area contributed by atoms with Gasteiger partial charge in [-0.25, -0.2) is 0 Å². The van der Waals surface area contributed by atoms with Crippen molar-refractivity contribution < 1.29 is 4.79 Å². The van der Waals surface area contributed by atoms with Gasteiger partial charge in [-0.15, -0.1) is 0 Å². The number of nitrogens with one attached hydrogen (secondary N) is 1. The summed E-state index contributed by atoms with van der Waals surface area (Å²) < 4.78 is 0. The first kappa shape index (κ1) is 11.3. The van der Waals surface area contributed by atoms with Crippen molar-refractivity contribution in [2.45, 2.75) is 6.42 Å². The summed E-state index contributed by atoms with van der Waals surface area (Å²) in [6.45, 7) is 0.334. The smallest absolute Gasteiger partial charge is 0.157 e. The maximum atomic E-state index is 11.7. The summed E-state index contributed by atoms with van der Waals surface area (Å²) >= 11 is 0. The Kier molecular flexibility index (Phi) is 3.86. The zero-order chi connectivity index (χ0) is 11.9. The lowest BCUT2D eigenvalue weighted by atomic mass is 10.2. The van der Waals surface area contributed by atoms with E-state index in [1.54, 1.807) is 6.20 Å². The monoisotopic (exact) mass is 226 g/mol. The number of anilines is 1. The molecular formula is C14H14N2O. The number of nitrogens with zero attached hydrogens (tertiary/aromatic N) is 1. The van der Waals surface area contributed by atoms with Crippen molar-refractivity contribution in [3.8, 4) is 0 Å². The lowest BCUT2D eigenvalue weighted by Crippen LogP contribution is -2.16. The van der Waals surface area contributed by atoms with E-state index in [4.69, 9.17) is 0 Å². The van der Waals surface area contributed by atoms with Gasteiger partial charge in [-0.3, -0.25) is 9.78 Å². The van der Waals surface area contributed by atoms with E-state index in [9.17, 15) is 4.79 Å². The highest BCUT2D eigenvalue weighted by atomic mass is 16.1. The molecule has 1 heterocycles. The highest BCUT2D eigenvalue weighted by Crippen LogP contribution is 2.04. The Hall–Kier alpha value is -2.16. The molecule has 0 atom stereocenters. The quantitative estimate of drug-likeness (QED) is 0.850. The number of pyridine rings is 1. The van der Waals surface area contributed by atoms with Crippen molar-refractivity contribution in [2.24, 2.45) is 0 Å². The van der Waals surface area contributed by atoms with Crippen LogP contribution in [0.5, 0.6) is 0 Å². The summed E-state index contributed by atoms with van der Waals surface area (Å²) in [7, 11) is 0. The van der Waals surface area contributed by atoms with Gasteiger partial charge in [-0.1, -0.05) is 24.3 Å². The molecule has 0 aliphatic rings. The first-order chi connectivity index (χ1) is 8.34. The Morgan fingerprint density at radius 2 is 1.82 bits per heavy atom. The van der Waals surface area contributed by atoms with E-state index in [-0.39, 0.29) is 5.78 Å². The van der Waals surface area contributed by atoms with E-state index in [1.807, 2.05) is 48.5 Å². The average Bonchev–Trinajstić information content (AvgIpc) is 2.39. The van der Waals surface area contributed by atoms with Crippen molar-refractivity contribution in [3.63, 3.8) is 0 Å². The average molecular weight is 226 g/mol. The molecular weight excluding hydrogens is 212 g/mol. The first-order valence-corrected chi connectivity index (χ1v) is 5.55. The van der Waals surface area contributed by atoms with Crippen LogP contribution in [0.15, 0.2) is 54.7 Å². The molecule has 0 unspecified atom stereocenters. The number of hydrogen-bond donors (Lipinski definition) is 1. The van der Waals surface area contributed by atoms with Crippen molar-refractivity contribution in [1.82, 2.24) is 4.98 Å². The minimum absolute atomic E-state index is 0.132. The van der Waals surface area contributed by atoms with Gasteiger partial charge in [-0.2, -0.15) is 0 Å². The molecule has 0 aliphatic carbocycles. The third-order valence-electron chi connectivity index (χ3n) is 2.37. The Bertz CT molecular complexity index is 468. The number of para-hydroxylation sites is 1. The number of benzene rings is 1. The second-order valence-electron chi connectivity index (χ2n) is 3.76. The summed E-state index contributed by atoms with van der Waals surface area (Å²) in [5.74, 6) is 0.132. The zero-order valence-corrected chi connectivity index (χ0v) is 9.47. The second-order valence-corrected chi connectivity index (χ2v) is 3.76. The summed E-state index contributed by atoms with van der Waals surface area (Å²) in [4.78, 5) is 15.8. The largest absolute Gasteiger partial charge is 0.378 e. The normalized spacial score (nSPS) is 9.88. The zero-order valence-electron chi connectivity index (χ0n) is 9.47. The van der Waals surface area contributed by atoms with Gasteiger partial charge in [0.2, 0.25) is 0 Å². The molecule has 0 fully saturated rings. The maximum absolute atomic E-state index is 11.7. The number of Topliss-reactive ketones (excluding diaryl/α,β-unsaturated/α-hetero) is 1. The summed E-state index contributed by atoms with van der Waals surface area (Å²) in [6.07, 6.45) is 2.08. The molecule has 0 bridgehead atoms. The third kappa shape index (κ3) is 3.72. The second kappa shape index (κ2) is 5.80. The lowest BCUT2D eigenvalue weighted by molar-refractivity contribution is -0.116. The highest BCUT2D eigenvalue weighted by molar-refractivity contribution is 5.84. The third-order valence-corrected chi connectivity index (χ3v) is 2.37. The van der Waals surface area contributed by atoms with Gasteiger partial charge in [0.15, 0.2) is 5.78 Å². The Morgan fingerprint density at radius 3 is 2.53 bits per heavy atom. The van der Waals surface area contributed by atoms with Crippen LogP contribution in [-0.2, 0) is 11.2 Å². The molecule has 0 saturated heterocycles. The summed E-state index contributed by atoms with van der Waals surface area (Å²) in [5, 5.41) is 3.09. The maximum Gasteiger partial charge on any atom is 0.157 e. The summed E-state index contributed by atoms with van der Waals surface area (Å²) in [5.41, 5.74) is 1.77. The van der Waals surface area contributed by atoms with E-state index in [0.29, 0.717) is 13.0 Å². The topological polar surface area (TPSA) is 42.0 Å². The van der Waals surface area contributed by atoms with Crippen LogP contribution in [0.4, 0.5) is 5.69 Å². The van der Waals surface area contributed by atoms with Crippen LogP contribution >= 0.6 is 0 Å². The van der Waals surface area contributed by atoms with Crippen molar-refractivity contribution in [2.75, 3.05) is 11.9 Å². The number of rotatable bonds is 5. The molecule has 86 valence electrons. The van der Waals surface area contributed by atoms with E-state index >= 15 is 0 Å². The Morgan fingerprint density at radius 1 is 1.06 bits per heavy atom. The van der Waals surface area contributed by atoms with Crippen molar-refractivity contribution >= 4 is 11.5 Å². The van der Waals surface area contributed by atoms with Gasteiger partial charge in [0.1, 0.15) is 0 Å². The number of hydrogen-bond acceptors (Lipinski definition) is 3. The number of ketones is 1. The Balaban J connectivity index is 1.83. The first-order valence-electron chi connectivity index (χ1n) is 5.55. The summed E-state index contributed by atoms with van der Waals surface area (Å²) in [6, 6.07) is 15.3. The molecule has 0 saturated carbocycles. The predicted molar refractivity (Wildman–Crippen MR) is 67.9 cm³/mol. The lowest BCUT2D eigenvalue weighted by Gasteiger charge is -2.04. The highest BCUT2D eigenvalue weighted by Gasteiger charge is 2.03. The molecule has 3 nitrogen and oxygen atoms in total. The van der Waals surface area contributed by atoms with E-state index < -0.39 is 0 Å². The predicted octanol–water partition coefficient (Wildman–Crippen LogP) is 2.31. The van der Waals surface area contributed by atoms with Crippen LogP contribution in [0.25, 0.3) is 0 Å². The minimum atomic E-state index is 0.132. The molecule has 0 radical (unpaired) electrons. The molecule has 0 aliphatic heterocycles. The van der Waals surface area contributed by atoms with Gasteiger partial charge >= 0.3 is 0 Å². The van der Waals surface area contributed by atoms with Gasteiger partial charge in [-0.05, 0) is 24.3 Å². The van der Waals surface area contributed by atoms with Gasteiger partial charge in [0, 0.05) is 17.6 Å². The molecule has 17 heavy (non-hydrogen) atoms. The number of aromatic nitrogens is 1. The van der Waals surface area contributed by atoms with E-state index in [0.717, 1.165) is 11.4 Å². The molecule has 0 amide bonds. The molecule has 2 aromatic rings. The minimum Gasteiger partial charge on any atom is -0.378 e. The molecule has 3 heteroatoms. The molecule has 1 aromatic heterocycles. The van der Waals surface area contributed by atoms with Crippen LogP contribution in [0.2, 0.25) is 0 Å². The van der Waals surface area contributed by atoms with Crippen molar-refractivity contribution in [1.29, 1.82) is 0 Å². The van der Waals surface area contributed by atoms with Crippen LogP contribution in [0, 0.1) is 0 Å². The molecule has 1 aromatic carbocycles. The van der Waals surface area contributed by atoms with Crippen LogP contribution in [0.3, 0.4) is 0 Å². The molecule has 0 spiro atoms. The van der Waals surface area contributed by atoms with Gasteiger partial charge < -0.3 is 5.32 Å². The van der Waals surface area contributed by atoms with E-state index in [1.165, 1.54) is 0 Å². The van der Waals surface area contributed by atoms with Gasteiger partial charge in [0.05, 0.1) is 13.0 Å². The fourth-order valence-electron chi connectivity index (χ4n) is 1.52. The fraction of sp³-hybridized carbons (Fsp3) is 0.143. The van der Waals surface area contributed by atoms with Crippen LogP contribution < -0.4 is 5.32 Å². The van der Waals surface area contributed by atoms with E-state index in [2.05, 4.69) is 10.3 Å². The number of carbonyl (C=O) groups is 1. The van der Waals surface area contributed by atoms with Crippen molar-refractivity contribution in [3.05, 3.63) is 60.4 Å². The van der Waals surface area contributed by atoms with Crippen LogP contribution in [0.1, 0.15) is 5.69 Å². The van der Waals surface area contributed by atoms with Crippen LogP contribution in [-0.4, -0.2) is 17.3 Å². The molecule has 2 rings (SSSR count). The standard InChI is InChI=1S/C14H14N2O/c17-14(10-13-8-4-5-9-15-13)11-16-12-6-2-1-3-7-12/h1-9,16H,10-11H2. The van der Waals surface area contributed by atoms with Gasteiger partial charge in [0.25, 0.3) is 0 Å². The SMILES string of the molecule is O=C(CNc1ccccc1)Cc1ccccn1. The molecule has 1 N–H and O–H groups in total. The fourth-order valence-corrected chi connectivity index (χ4v) is 1.52. The number of carbonyl (C=O) groups excluding carboxylic acids is 1.